The molecule has 2 atom stereocenters. The first-order valence-electron chi connectivity index (χ1n) is 8.47. The van der Waals surface area contributed by atoms with Gasteiger partial charge in [0, 0.05) is 19.4 Å². The molecule has 0 saturated carbocycles. The molecule has 5 nitrogen and oxygen atoms in total. The van der Waals surface area contributed by atoms with Gasteiger partial charge in [0.15, 0.2) is 0 Å². The minimum Gasteiger partial charge on any atom is -0.480 e. The van der Waals surface area contributed by atoms with Crippen molar-refractivity contribution in [3.8, 4) is 0 Å². The molecule has 0 bridgehead atoms. The molecule has 0 aromatic heterocycles. The molecule has 0 fully saturated rings. The van der Waals surface area contributed by atoms with Crippen molar-refractivity contribution < 1.29 is 27.9 Å². The fourth-order valence-corrected chi connectivity index (χ4v) is 2.27. The predicted octanol–water partition coefficient (Wildman–Crippen LogP) is 3.54. The van der Waals surface area contributed by atoms with Gasteiger partial charge in [0.05, 0.1) is 5.56 Å². The van der Waals surface area contributed by atoms with E-state index in [0.717, 1.165) is 12.1 Å². The van der Waals surface area contributed by atoms with Crippen LogP contribution in [0, 0.1) is 0 Å². The molecule has 28 heavy (non-hydrogen) atoms. The smallest absolute Gasteiger partial charge is 0.416 e. The van der Waals surface area contributed by atoms with Gasteiger partial charge in [0.1, 0.15) is 6.04 Å². The van der Waals surface area contributed by atoms with E-state index >= 15 is 0 Å². The molecule has 0 heterocycles. The quantitative estimate of drug-likeness (QED) is 0.721. The van der Waals surface area contributed by atoms with E-state index in [-0.39, 0.29) is 12.5 Å². The van der Waals surface area contributed by atoms with Crippen molar-refractivity contribution >= 4 is 11.9 Å². The van der Waals surface area contributed by atoms with Crippen LogP contribution in [-0.2, 0) is 22.2 Å². The number of aliphatic carboxylic acids is 1. The predicted molar refractivity (Wildman–Crippen MR) is 99.4 cm³/mol. The number of nitrogens with two attached hydrogens (primary N) is 1. The maximum Gasteiger partial charge on any atom is 0.416 e. The van der Waals surface area contributed by atoms with E-state index < -0.39 is 29.7 Å². The molecule has 2 unspecified atom stereocenters. The van der Waals surface area contributed by atoms with Gasteiger partial charge in [-0.3, -0.25) is 4.79 Å². The first-order chi connectivity index (χ1) is 13.0. The summed E-state index contributed by atoms with van der Waals surface area (Å²) >= 11 is 0. The van der Waals surface area contributed by atoms with Crippen LogP contribution < -0.4 is 11.1 Å². The number of benzene rings is 2. The Hall–Kier alpha value is -2.87. The summed E-state index contributed by atoms with van der Waals surface area (Å²) in [7, 11) is 0. The number of hydrogen-bond donors (Lipinski definition) is 3. The third-order valence-electron chi connectivity index (χ3n) is 3.72. The van der Waals surface area contributed by atoms with Crippen LogP contribution in [0.1, 0.15) is 36.6 Å². The number of amides is 1. The Balaban J connectivity index is 0.000000362. The summed E-state index contributed by atoms with van der Waals surface area (Å²) < 4.78 is 37.0. The Labute approximate surface area is 161 Å². The second kappa shape index (κ2) is 10.5. The zero-order chi connectivity index (χ0) is 21.3. The fraction of sp³-hybridized carbons (Fsp3) is 0.300. The SMILES string of the molecule is CC(=O)NC(Cc1ccc(C(F)(F)F)cc1)C(=O)O.CC(N)c1ccccc1. The van der Waals surface area contributed by atoms with Crippen molar-refractivity contribution in [1.82, 2.24) is 5.32 Å². The molecule has 2 aromatic rings. The van der Waals surface area contributed by atoms with Crippen LogP contribution >= 0.6 is 0 Å². The summed E-state index contributed by atoms with van der Waals surface area (Å²) in [6.45, 7) is 3.15. The lowest BCUT2D eigenvalue weighted by Gasteiger charge is -2.14. The minimum atomic E-state index is -4.43. The fourth-order valence-electron chi connectivity index (χ4n) is 2.27. The first-order valence-corrected chi connectivity index (χ1v) is 8.47. The molecule has 2 rings (SSSR count). The van der Waals surface area contributed by atoms with E-state index in [1.165, 1.54) is 24.6 Å². The number of rotatable bonds is 5. The molecule has 152 valence electrons. The number of carboxylic acid groups (broad SMARTS) is 1. The van der Waals surface area contributed by atoms with Crippen LogP contribution in [0.4, 0.5) is 13.2 Å². The van der Waals surface area contributed by atoms with Crippen LogP contribution in [0.3, 0.4) is 0 Å². The summed E-state index contributed by atoms with van der Waals surface area (Å²) in [6, 6.07) is 13.2. The third kappa shape index (κ3) is 8.22. The molecule has 0 aliphatic rings. The van der Waals surface area contributed by atoms with Gasteiger partial charge in [-0.05, 0) is 30.2 Å². The van der Waals surface area contributed by atoms with Gasteiger partial charge in [-0.2, -0.15) is 13.2 Å². The molecule has 0 aliphatic carbocycles. The van der Waals surface area contributed by atoms with E-state index in [0.29, 0.717) is 5.56 Å². The summed E-state index contributed by atoms with van der Waals surface area (Å²) in [6.07, 6.45) is -4.50. The Bertz CT molecular complexity index is 761. The molecular weight excluding hydrogens is 373 g/mol. The van der Waals surface area contributed by atoms with Gasteiger partial charge in [-0.15, -0.1) is 0 Å². The molecule has 0 radical (unpaired) electrons. The Morgan fingerprint density at radius 2 is 1.61 bits per heavy atom. The summed E-state index contributed by atoms with van der Waals surface area (Å²) in [5, 5.41) is 11.1. The van der Waals surface area contributed by atoms with Crippen molar-refractivity contribution in [3.05, 3.63) is 71.3 Å². The van der Waals surface area contributed by atoms with Crippen molar-refractivity contribution in [3.63, 3.8) is 0 Å². The second-order valence-electron chi connectivity index (χ2n) is 6.19. The summed E-state index contributed by atoms with van der Waals surface area (Å²) in [5.41, 5.74) is 6.40. The molecule has 8 heteroatoms. The minimum absolute atomic E-state index is 0.0763. The maximum atomic E-state index is 12.3. The number of nitrogens with one attached hydrogen (secondary N) is 1. The van der Waals surface area contributed by atoms with Crippen LogP contribution in [0.25, 0.3) is 0 Å². The Morgan fingerprint density at radius 1 is 1.07 bits per heavy atom. The maximum absolute atomic E-state index is 12.3. The van der Waals surface area contributed by atoms with E-state index in [1.54, 1.807) is 0 Å². The van der Waals surface area contributed by atoms with Crippen LogP contribution in [0.15, 0.2) is 54.6 Å². The first kappa shape index (κ1) is 23.2. The van der Waals surface area contributed by atoms with Crippen LogP contribution in [0.2, 0.25) is 0 Å². The standard InChI is InChI=1S/C12H12F3NO3.C8H11N/c1-7(17)16-10(11(18)19)6-8-2-4-9(5-3-8)12(13,14)15;1-7(9)8-5-3-2-4-6-8/h2-5,10H,6H2,1H3,(H,16,17)(H,18,19);2-7H,9H2,1H3. The van der Waals surface area contributed by atoms with Gasteiger partial charge in [-0.1, -0.05) is 42.5 Å². The number of halogens is 3. The normalized spacial score (nSPS) is 12.9. The average molecular weight is 396 g/mol. The monoisotopic (exact) mass is 396 g/mol. The van der Waals surface area contributed by atoms with Gasteiger partial charge < -0.3 is 16.2 Å². The highest BCUT2D eigenvalue weighted by molar-refractivity contribution is 5.82. The summed E-state index contributed by atoms with van der Waals surface area (Å²) in [4.78, 5) is 21.7. The molecule has 0 saturated heterocycles. The van der Waals surface area contributed by atoms with Gasteiger partial charge in [0.25, 0.3) is 0 Å². The van der Waals surface area contributed by atoms with Gasteiger partial charge in [0.2, 0.25) is 5.91 Å². The largest absolute Gasteiger partial charge is 0.480 e. The van der Waals surface area contributed by atoms with Crippen LogP contribution in [0.5, 0.6) is 0 Å². The lowest BCUT2D eigenvalue weighted by atomic mass is 10.0. The van der Waals surface area contributed by atoms with Gasteiger partial charge >= 0.3 is 12.1 Å². The van der Waals surface area contributed by atoms with E-state index in [1.807, 2.05) is 37.3 Å². The number of carbonyl (C=O) groups excluding carboxylic acids is 1. The van der Waals surface area contributed by atoms with Crippen molar-refractivity contribution in [2.45, 2.75) is 38.5 Å². The highest BCUT2D eigenvalue weighted by Crippen LogP contribution is 2.29. The Kier molecular flexibility index (Phi) is 8.66. The average Bonchev–Trinajstić information content (AvgIpc) is 2.61. The van der Waals surface area contributed by atoms with E-state index in [2.05, 4.69) is 5.32 Å². The molecule has 4 N–H and O–H groups in total. The molecule has 0 aliphatic heterocycles. The number of alkyl halides is 3. The number of hydrogen-bond acceptors (Lipinski definition) is 3. The highest BCUT2D eigenvalue weighted by atomic mass is 19.4. The summed E-state index contributed by atoms with van der Waals surface area (Å²) in [5.74, 6) is -1.76. The molecule has 0 spiro atoms. The molecule has 1 amide bonds. The zero-order valence-corrected chi connectivity index (χ0v) is 15.5. The second-order valence-corrected chi connectivity index (χ2v) is 6.19. The van der Waals surface area contributed by atoms with E-state index in [9.17, 15) is 22.8 Å². The zero-order valence-electron chi connectivity index (χ0n) is 15.5. The molecular formula is C20H23F3N2O3. The number of carbonyl (C=O) groups is 2. The Morgan fingerprint density at radius 3 is 1.96 bits per heavy atom. The number of carboxylic acids is 1. The van der Waals surface area contributed by atoms with Gasteiger partial charge in [-0.25, -0.2) is 4.79 Å². The van der Waals surface area contributed by atoms with Crippen molar-refractivity contribution in [2.75, 3.05) is 0 Å². The molecule has 2 aromatic carbocycles. The third-order valence-corrected chi connectivity index (χ3v) is 3.72. The van der Waals surface area contributed by atoms with E-state index in [4.69, 9.17) is 10.8 Å². The lowest BCUT2D eigenvalue weighted by Crippen LogP contribution is -2.41. The van der Waals surface area contributed by atoms with Crippen molar-refractivity contribution in [2.24, 2.45) is 5.73 Å². The lowest BCUT2D eigenvalue weighted by molar-refractivity contribution is -0.141. The van der Waals surface area contributed by atoms with Crippen LogP contribution in [-0.4, -0.2) is 23.0 Å². The van der Waals surface area contributed by atoms with Crippen molar-refractivity contribution in [1.29, 1.82) is 0 Å². The highest BCUT2D eigenvalue weighted by Gasteiger charge is 2.30. The topological polar surface area (TPSA) is 92.4 Å².